The van der Waals surface area contributed by atoms with Gasteiger partial charge in [0.25, 0.3) is 5.91 Å². The maximum absolute atomic E-state index is 12.6. The fourth-order valence-electron chi connectivity index (χ4n) is 2.76. The van der Waals surface area contributed by atoms with Crippen LogP contribution in [0.25, 0.3) is 10.9 Å². The predicted molar refractivity (Wildman–Crippen MR) is 79.8 cm³/mol. The third-order valence-electron chi connectivity index (χ3n) is 3.87. The van der Waals surface area contributed by atoms with E-state index in [1.54, 1.807) is 0 Å². The number of carbonyl (C=O) groups is 1. The molecule has 1 aromatic heterocycles. The zero-order chi connectivity index (χ0) is 14.2. The van der Waals surface area contributed by atoms with Crippen LogP contribution in [0.15, 0.2) is 30.3 Å². The first-order valence-electron chi connectivity index (χ1n) is 6.97. The van der Waals surface area contributed by atoms with Crippen LogP contribution in [0.4, 0.5) is 0 Å². The Hall–Kier alpha value is -1.94. The maximum Gasteiger partial charge on any atom is 0.252 e. The van der Waals surface area contributed by atoms with E-state index in [0.717, 1.165) is 36.1 Å². The molecule has 0 spiro atoms. The van der Waals surface area contributed by atoms with Crippen molar-refractivity contribution < 1.29 is 4.79 Å². The molecule has 1 saturated heterocycles. The van der Waals surface area contributed by atoms with Gasteiger partial charge in [0.2, 0.25) is 0 Å². The van der Waals surface area contributed by atoms with Gasteiger partial charge < -0.3 is 10.6 Å². The molecule has 1 fully saturated rings. The van der Waals surface area contributed by atoms with Crippen LogP contribution in [0.2, 0.25) is 0 Å². The van der Waals surface area contributed by atoms with Crippen molar-refractivity contribution >= 4 is 16.8 Å². The van der Waals surface area contributed by atoms with Gasteiger partial charge >= 0.3 is 0 Å². The number of rotatable bonds is 2. The third-order valence-corrected chi connectivity index (χ3v) is 3.87. The molecule has 4 heteroatoms. The molecular weight excluding hydrogens is 250 g/mol. The lowest BCUT2D eigenvalue weighted by atomic mass is 10.00. The zero-order valence-electron chi connectivity index (χ0n) is 11.9. The molecule has 1 aromatic carbocycles. The standard InChI is InChI=1S/C16H19N3O/c1-11-9-13(12-5-3-4-6-14(12)18-11)15(20)19-16(2)7-8-17-10-16/h3-6,9,17H,7-8,10H2,1-2H3,(H,19,20). The van der Waals surface area contributed by atoms with Crippen molar-refractivity contribution in [3.8, 4) is 0 Å². The van der Waals surface area contributed by atoms with Crippen molar-refractivity contribution in [1.82, 2.24) is 15.6 Å². The van der Waals surface area contributed by atoms with Crippen LogP contribution in [0.1, 0.15) is 29.4 Å². The molecule has 20 heavy (non-hydrogen) atoms. The topological polar surface area (TPSA) is 54.0 Å². The summed E-state index contributed by atoms with van der Waals surface area (Å²) in [7, 11) is 0. The molecule has 0 bridgehead atoms. The summed E-state index contributed by atoms with van der Waals surface area (Å²) in [6.45, 7) is 5.77. The van der Waals surface area contributed by atoms with Gasteiger partial charge in [-0.2, -0.15) is 0 Å². The number of amides is 1. The summed E-state index contributed by atoms with van der Waals surface area (Å²) in [6.07, 6.45) is 0.959. The number of pyridine rings is 1. The molecule has 2 heterocycles. The lowest BCUT2D eigenvalue weighted by Crippen LogP contribution is -2.47. The van der Waals surface area contributed by atoms with Gasteiger partial charge in [-0.1, -0.05) is 18.2 Å². The first-order chi connectivity index (χ1) is 9.57. The summed E-state index contributed by atoms with van der Waals surface area (Å²) >= 11 is 0. The first kappa shape index (κ1) is 13.1. The van der Waals surface area contributed by atoms with Crippen molar-refractivity contribution in [2.75, 3.05) is 13.1 Å². The summed E-state index contributed by atoms with van der Waals surface area (Å²) in [6, 6.07) is 9.64. The number of carbonyl (C=O) groups excluding carboxylic acids is 1. The Balaban J connectivity index is 1.98. The van der Waals surface area contributed by atoms with E-state index in [4.69, 9.17) is 0 Å². The molecule has 4 nitrogen and oxygen atoms in total. The lowest BCUT2D eigenvalue weighted by molar-refractivity contribution is 0.0914. The molecule has 2 N–H and O–H groups in total. The molecule has 2 aromatic rings. The molecule has 1 amide bonds. The van der Waals surface area contributed by atoms with Crippen molar-refractivity contribution in [3.63, 3.8) is 0 Å². The molecule has 3 rings (SSSR count). The summed E-state index contributed by atoms with van der Waals surface area (Å²) in [5.74, 6) is -0.0158. The van der Waals surface area contributed by atoms with E-state index < -0.39 is 0 Å². The van der Waals surface area contributed by atoms with E-state index >= 15 is 0 Å². The second-order valence-corrected chi connectivity index (χ2v) is 5.77. The largest absolute Gasteiger partial charge is 0.346 e. The second kappa shape index (κ2) is 4.87. The van der Waals surface area contributed by atoms with Crippen LogP contribution >= 0.6 is 0 Å². The van der Waals surface area contributed by atoms with Gasteiger partial charge in [0.1, 0.15) is 0 Å². The first-order valence-corrected chi connectivity index (χ1v) is 6.97. The van der Waals surface area contributed by atoms with E-state index in [1.165, 1.54) is 0 Å². The molecule has 1 unspecified atom stereocenters. The minimum absolute atomic E-state index is 0.0158. The summed E-state index contributed by atoms with van der Waals surface area (Å²) in [5.41, 5.74) is 2.28. The quantitative estimate of drug-likeness (QED) is 0.877. The Kier molecular flexibility index (Phi) is 3.18. The third kappa shape index (κ3) is 2.39. The van der Waals surface area contributed by atoms with E-state index in [1.807, 2.05) is 37.3 Å². The minimum Gasteiger partial charge on any atom is -0.346 e. The van der Waals surface area contributed by atoms with Gasteiger partial charge in [-0.05, 0) is 38.9 Å². The SMILES string of the molecule is Cc1cc(C(=O)NC2(C)CCNC2)c2ccccc2n1. The summed E-state index contributed by atoms with van der Waals surface area (Å²) in [4.78, 5) is 17.1. The minimum atomic E-state index is -0.157. The Bertz CT molecular complexity index is 660. The van der Waals surface area contributed by atoms with E-state index in [-0.39, 0.29) is 11.4 Å². The van der Waals surface area contributed by atoms with Crippen LogP contribution in [0, 0.1) is 6.92 Å². The zero-order valence-corrected chi connectivity index (χ0v) is 11.9. The highest BCUT2D eigenvalue weighted by molar-refractivity contribution is 6.06. The maximum atomic E-state index is 12.6. The molecular formula is C16H19N3O. The van der Waals surface area contributed by atoms with Crippen LogP contribution in [0.5, 0.6) is 0 Å². The van der Waals surface area contributed by atoms with E-state index in [2.05, 4.69) is 22.5 Å². The molecule has 1 atom stereocenters. The highest BCUT2D eigenvalue weighted by Crippen LogP contribution is 2.20. The Morgan fingerprint density at radius 2 is 2.20 bits per heavy atom. The van der Waals surface area contributed by atoms with Gasteiger partial charge in [0.15, 0.2) is 0 Å². The Morgan fingerprint density at radius 3 is 2.95 bits per heavy atom. The van der Waals surface area contributed by atoms with Crippen LogP contribution in [-0.4, -0.2) is 29.5 Å². The molecule has 0 radical (unpaired) electrons. The Labute approximate surface area is 118 Å². The number of fused-ring (bicyclic) bond motifs is 1. The number of hydrogen-bond donors (Lipinski definition) is 2. The number of aryl methyl sites for hydroxylation is 1. The normalized spacial score (nSPS) is 22.1. The summed E-state index contributed by atoms with van der Waals surface area (Å²) < 4.78 is 0. The smallest absolute Gasteiger partial charge is 0.252 e. The highest BCUT2D eigenvalue weighted by Gasteiger charge is 2.30. The van der Waals surface area contributed by atoms with Crippen LogP contribution < -0.4 is 10.6 Å². The van der Waals surface area contributed by atoms with Gasteiger partial charge in [0.05, 0.1) is 16.6 Å². The van der Waals surface area contributed by atoms with Crippen molar-refractivity contribution in [2.24, 2.45) is 0 Å². The molecule has 0 aliphatic carbocycles. The second-order valence-electron chi connectivity index (χ2n) is 5.77. The van der Waals surface area contributed by atoms with Crippen LogP contribution in [-0.2, 0) is 0 Å². The fourth-order valence-corrected chi connectivity index (χ4v) is 2.76. The van der Waals surface area contributed by atoms with Gasteiger partial charge in [-0.25, -0.2) is 0 Å². The molecule has 1 aliphatic heterocycles. The molecule has 104 valence electrons. The predicted octanol–water partition coefficient (Wildman–Crippen LogP) is 2.03. The van der Waals surface area contributed by atoms with Crippen molar-refractivity contribution in [1.29, 1.82) is 0 Å². The molecule has 1 aliphatic rings. The number of benzene rings is 1. The van der Waals surface area contributed by atoms with Crippen molar-refractivity contribution in [2.45, 2.75) is 25.8 Å². The lowest BCUT2D eigenvalue weighted by Gasteiger charge is -2.24. The fraction of sp³-hybridized carbons (Fsp3) is 0.375. The number of nitrogens with zero attached hydrogens (tertiary/aromatic N) is 1. The van der Waals surface area contributed by atoms with Crippen LogP contribution in [0.3, 0.4) is 0 Å². The van der Waals surface area contributed by atoms with Crippen molar-refractivity contribution in [3.05, 3.63) is 41.6 Å². The average Bonchev–Trinajstić information content (AvgIpc) is 2.84. The Morgan fingerprint density at radius 1 is 1.40 bits per heavy atom. The van der Waals surface area contributed by atoms with E-state index in [0.29, 0.717) is 5.56 Å². The van der Waals surface area contributed by atoms with Gasteiger partial charge in [-0.3, -0.25) is 9.78 Å². The molecule has 0 saturated carbocycles. The van der Waals surface area contributed by atoms with E-state index in [9.17, 15) is 4.79 Å². The average molecular weight is 269 g/mol. The number of para-hydroxylation sites is 1. The number of hydrogen-bond acceptors (Lipinski definition) is 3. The number of aromatic nitrogens is 1. The van der Waals surface area contributed by atoms with Gasteiger partial charge in [-0.15, -0.1) is 0 Å². The highest BCUT2D eigenvalue weighted by atomic mass is 16.1. The van der Waals surface area contributed by atoms with Gasteiger partial charge in [0, 0.05) is 17.6 Å². The summed E-state index contributed by atoms with van der Waals surface area (Å²) in [5, 5.41) is 7.36. The number of nitrogens with one attached hydrogen (secondary N) is 2. The monoisotopic (exact) mass is 269 g/mol.